The second-order valence-corrected chi connectivity index (χ2v) is 15.5. The molecule has 3 atom stereocenters. The van der Waals surface area contributed by atoms with Crippen molar-refractivity contribution in [2.24, 2.45) is 0 Å². The molecule has 2 unspecified atom stereocenters. The van der Waals surface area contributed by atoms with Gasteiger partial charge in [0.15, 0.2) is 0 Å². The second kappa shape index (κ2) is 14.6. The number of hydrogen-bond donors (Lipinski definition) is 2. The molecule has 2 rings (SSSR count). The molecule has 234 valence electrons. The van der Waals surface area contributed by atoms with Gasteiger partial charge in [-0.3, -0.25) is 4.78 Å². The van der Waals surface area contributed by atoms with Gasteiger partial charge >= 0.3 is 18.2 Å². The maximum atomic E-state index is 14.0. The van der Waals surface area contributed by atoms with Crippen LogP contribution in [0, 0.1) is 4.78 Å². The van der Waals surface area contributed by atoms with E-state index in [-0.39, 0.29) is 12.0 Å². The predicted octanol–water partition coefficient (Wildman–Crippen LogP) is 7.69. The third-order valence-electron chi connectivity index (χ3n) is 5.78. The van der Waals surface area contributed by atoms with Gasteiger partial charge in [-0.15, -0.1) is 11.8 Å². The molecule has 42 heavy (non-hydrogen) atoms. The van der Waals surface area contributed by atoms with E-state index in [0.29, 0.717) is 5.75 Å². The zero-order valence-electron chi connectivity index (χ0n) is 24.9. The van der Waals surface area contributed by atoms with Crippen molar-refractivity contribution in [3.8, 4) is 0 Å². The van der Waals surface area contributed by atoms with E-state index in [4.69, 9.17) is 14.3 Å². The Balaban J connectivity index is 2.07. The van der Waals surface area contributed by atoms with Gasteiger partial charge in [0.1, 0.15) is 17.2 Å². The summed E-state index contributed by atoms with van der Waals surface area (Å²) in [5.41, 5.74) is -0.611. The number of esters is 1. The third-order valence-corrected chi connectivity index (χ3v) is 8.65. The number of carbonyl (C=O) groups excluding carboxylic acids is 2. The van der Waals surface area contributed by atoms with Crippen LogP contribution in [0.4, 0.5) is 18.0 Å². The van der Waals surface area contributed by atoms with Crippen molar-refractivity contribution in [3.63, 3.8) is 0 Å². The molecule has 0 fully saturated rings. The molecule has 0 aliphatic rings. The van der Waals surface area contributed by atoms with E-state index in [1.165, 1.54) is 23.9 Å². The molecule has 2 aromatic rings. The van der Waals surface area contributed by atoms with Crippen molar-refractivity contribution in [3.05, 3.63) is 65.7 Å². The molecule has 0 heterocycles. The molecule has 0 radical (unpaired) electrons. The Morgan fingerprint density at radius 2 is 1.43 bits per heavy atom. The van der Waals surface area contributed by atoms with Crippen LogP contribution in [-0.2, 0) is 29.8 Å². The second-order valence-electron chi connectivity index (χ2n) is 12.0. The maximum Gasteiger partial charge on any atom is 0.408 e. The molecule has 0 saturated heterocycles. The van der Waals surface area contributed by atoms with Crippen molar-refractivity contribution in [1.29, 1.82) is 4.78 Å². The molecule has 0 aromatic heterocycles. The van der Waals surface area contributed by atoms with Crippen LogP contribution in [0.3, 0.4) is 0 Å². The summed E-state index contributed by atoms with van der Waals surface area (Å²) in [6, 6.07) is 14.5. The van der Waals surface area contributed by atoms with Crippen LogP contribution in [0.2, 0.25) is 0 Å². The first-order valence-electron chi connectivity index (χ1n) is 13.5. The highest BCUT2D eigenvalue weighted by Gasteiger charge is 2.41. The number of nitrogens with one attached hydrogen (secondary N) is 2. The summed E-state index contributed by atoms with van der Waals surface area (Å²) < 4.78 is 73.9. The highest BCUT2D eigenvalue weighted by Crippen LogP contribution is 2.38. The Labute approximate surface area is 251 Å². The molecule has 2 N–H and O–H groups in total. The van der Waals surface area contributed by atoms with Gasteiger partial charge in [0.05, 0.1) is 5.92 Å². The van der Waals surface area contributed by atoms with Crippen LogP contribution < -0.4 is 5.32 Å². The average molecular weight is 631 g/mol. The molecule has 0 bridgehead atoms. The number of ether oxygens (including phenoxy) is 2. The van der Waals surface area contributed by atoms with E-state index in [1.54, 1.807) is 53.7 Å². The number of rotatable bonds is 12. The van der Waals surface area contributed by atoms with E-state index in [2.05, 4.69) is 5.32 Å². The van der Waals surface area contributed by atoms with Gasteiger partial charge in [0.25, 0.3) is 0 Å². The maximum absolute atomic E-state index is 14.0. The van der Waals surface area contributed by atoms with E-state index < -0.39 is 69.1 Å². The Kier molecular flexibility index (Phi) is 12.4. The molecule has 0 spiro atoms. The smallest absolute Gasteiger partial charge is 0.408 e. The summed E-state index contributed by atoms with van der Waals surface area (Å²) in [5.74, 6) is -2.99. The van der Waals surface area contributed by atoms with Gasteiger partial charge in [-0.2, -0.15) is 13.2 Å². The van der Waals surface area contributed by atoms with Crippen molar-refractivity contribution < 1.29 is 36.4 Å². The molecule has 0 saturated carbocycles. The fourth-order valence-corrected chi connectivity index (χ4v) is 6.14. The number of alkyl halides is 3. The van der Waals surface area contributed by atoms with Crippen LogP contribution in [-0.4, -0.2) is 51.2 Å². The van der Waals surface area contributed by atoms with Gasteiger partial charge in [0, 0.05) is 31.9 Å². The van der Waals surface area contributed by atoms with Crippen LogP contribution in [0.5, 0.6) is 0 Å². The number of halogens is 3. The van der Waals surface area contributed by atoms with Crippen LogP contribution in [0.1, 0.15) is 71.4 Å². The molecule has 2 aromatic carbocycles. The third kappa shape index (κ3) is 13.5. The van der Waals surface area contributed by atoms with Gasteiger partial charge in [-0.05, 0) is 77.6 Å². The standard InChI is InChI=1S/C30H41F3N2O5S2/c1-28(2,3)39-26(36)25(35-27(37)40-29(4,5)6)17-19-42(34,38)18-16-24(30(31,32)33)22-12-14-23(15-13-22)41-20-21-10-8-7-9-11-21/h7-15,24-25,34H,16-20H2,1-6H3,(H,35,37)/t24?,25-,42?/m0/s1. The van der Waals surface area contributed by atoms with Crippen molar-refractivity contribution in [1.82, 2.24) is 5.32 Å². The highest BCUT2D eigenvalue weighted by atomic mass is 32.2. The molecule has 0 aliphatic heterocycles. The first-order chi connectivity index (χ1) is 19.2. The number of benzene rings is 2. The summed E-state index contributed by atoms with van der Waals surface area (Å²) in [6.45, 7) is 9.82. The van der Waals surface area contributed by atoms with Crippen LogP contribution >= 0.6 is 11.8 Å². The SMILES string of the molecule is CC(C)(C)OC(=O)N[C@@H](CCS(=N)(=O)CCC(c1ccc(SCc2ccccc2)cc1)C(F)(F)F)C(=O)OC(C)(C)C. The fourth-order valence-electron chi connectivity index (χ4n) is 3.85. The number of thioether (sulfide) groups is 1. The lowest BCUT2D eigenvalue weighted by molar-refractivity contribution is -0.157. The largest absolute Gasteiger partial charge is 0.458 e. The summed E-state index contributed by atoms with van der Waals surface area (Å²) in [4.78, 5) is 25.8. The van der Waals surface area contributed by atoms with E-state index in [9.17, 15) is 27.0 Å². The summed E-state index contributed by atoms with van der Waals surface area (Å²) in [7, 11) is -3.54. The number of amides is 1. The monoisotopic (exact) mass is 630 g/mol. The molecular formula is C30H41F3N2O5S2. The molecule has 7 nitrogen and oxygen atoms in total. The quantitative estimate of drug-likeness (QED) is 0.184. The minimum absolute atomic E-state index is 0.0278. The highest BCUT2D eigenvalue weighted by molar-refractivity contribution is 7.98. The summed E-state index contributed by atoms with van der Waals surface area (Å²) in [6.07, 6.45) is -6.33. The number of hydrogen-bond acceptors (Lipinski definition) is 7. The van der Waals surface area contributed by atoms with E-state index in [0.717, 1.165) is 10.5 Å². The topological polar surface area (TPSA) is 106 Å². The van der Waals surface area contributed by atoms with E-state index >= 15 is 0 Å². The van der Waals surface area contributed by atoms with Crippen molar-refractivity contribution >= 4 is 33.6 Å². The zero-order valence-corrected chi connectivity index (χ0v) is 26.5. The molecular weight excluding hydrogens is 589 g/mol. The minimum Gasteiger partial charge on any atom is -0.458 e. The zero-order chi connectivity index (χ0) is 31.8. The van der Waals surface area contributed by atoms with Crippen LogP contribution in [0.15, 0.2) is 59.5 Å². The number of carbonyl (C=O) groups is 2. The molecule has 1 amide bonds. The Morgan fingerprint density at radius 1 is 0.881 bits per heavy atom. The summed E-state index contributed by atoms with van der Waals surface area (Å²) in [5, 5.41) is 2.38. The van der Waals surface area contributed by atoms with Gasteiger partial charge in [-0.25, -0.2) is 13.8 Å². The molecule has 12 heteroatoms. The first-order valence-corrected chi connectivity index (χ1v) is 16.4. The van der Waals surface area contributed by atoms with Crippen LogP contribution in [0.25, 0.3) is 0 Å². The summed E-state index contributed by atoms with van der Waals surface area (Å²) >= 11 is 1.51. The van der Waals surface area contributed by atoms with Gasteiger partial charge < -0.3 is 14.8 Å². The normalized spacial score (nSPS) is 15.3. The van der Waals surface area contributed by atoms with Crippen molar-refractivity contribution in [2.75, 3.05) is 11.5 Å². The predicted molar refractivity (Wildman–Crippen MR) is 160 cm³/mol. The van der Waals surface area contributed by atoms with Gasteiger partial charge in [0.2, 0.25) is 0 Å². The Hall–Kier alpha value is -2.73. The Morgan fingerprint density at radius 3 is 1.95 bits per heavy atom. The lowest BCUT2D eigenvalue weighted by Gasteiger charge is -2.26. The molecule has 0 aliphatic carbocycles. The lowest BCUT2D eigenvalue weighted by Crippen LogP contribution is -2.46. The first kappa shape index (κ1) is 35.5. The van der Waals surface area contributed by atoms with Crippen molar-refractivity contribution in [2.45, 2.75) is 94.4 Å². The fraction of sp³-hybridized carbons (Fsp3) is 0.533. The average Bonchev–Trinajstić information content (AvgIpc) is 2.83. The minimum atomic E-state index is -4.61. The Bertz CT molecular complexity index is 1270. The van der Waals surface area contributed by atoms with Gasteiger partial charge in [-0.1, -0.05) is 42.5 Å². The number of alkyl carbamates (subject to hydrolysis) is 1. The van der Waals surface area contributed by atoms with E-state index in [1.807, 2.05) is 30.3 Å². The lowest BCUT2D eigenvalue weighted by atomic mass is 9.96.